The molecule has 1 unspecified atom stereocenters. The summed E-state index contributed by atoms with van der Waals surface area (Å²) in [5.41, 5.74) is 1.20. The Hall–Kier alpha value is -0.610. The first-order valence-electron chi connectivity index (χ1n) is 8.14. The minimum absolute atomic E-state index is 0.413. The van der Waals surface area contributed by atoms with E-state index in [1.807, 2.05) is 11.3 Å². The molecule has 0 bridgehead atoms. The molecule has 1 aliphatic rings. The third-order valence-electron chi connectivity index (χ3n) is 4.33. The van der Waals surface area contributed by atoms with Crippen molar-refractivity contribution >= 4 is 16.5 Å². The van der Waals surface area contributed by atoms with Crippen LogP contribution in [0, 0.1) is 6.92 Å². The van der Waals surface area contributed by atoms with Gasteiger partial charge in [0.25, 0.3) is 0 Å². The van der Waals surface area contributed by atoms with Crippen molar-refractivity contribution in [3.05, 3.63) is 10.6 Å². The van der Waals surface area contributed by atoms with Crippen LogP contribution in [0.25, 0.3) is 0 Å². The molecule has 0 amide bonds. The van der Waals surface area contributed by atoms with Gasteiger partial charge in [0.05, 0.1) is 5.69 Å². The molecule has 0 aromatic carbocycles. The second-order valence-electron chi connectivity index (χ2n) is 5.80. The maximum atomic E-state index is 4.86. The Morgan fingerprint density at radius 2 is 2.00 bits per heavy atom. The van der Waals surface area contributed by atoms with Crippen LogP contribution < -0.4 is 10.2 Å². The summed E-state index contributed by atoms with van der Waals surface area (Å²) in [7, 11) is 0. The zero-order valence-electron chi connectivity index (χ0n) is 13.4. The van der Waals surface area contributed by atoms with Crippen LogP contribution in [0.4, 0.5) is 5.13 Å². The van der Waals surface area contributed by atoms with E-state index in [-0.39, 0.29) is 0 Å². The quantitative estimate of drug-likeness (QED) is 0.849. The molecule has 1 fully saturated rings. The monoisotopic (exact) mass is 295 g/mol. The van der Waals surface area contributed by atoms with Crippen LogP contribution in [0.5, 0.6) is 0 Å². The van der Waals surface area contributed by atoms with Gasteiger partial charge >= 0.3 is 0 Å². The van der Waals surface area contributed by atoms with Crippen molar-refractivity contribution in [2.75, 3.05) is 18.0 Å². The molecule has 4 heteroatoms. The molecular weight excluding hydrogens is 266 g/mol. The summed E-state index contributed by atoms with van der Waals surface area (Å²) in [6.45, 7) is 10.9. The van der Waals surface area contributed by atoms with Gasteiger partial charge in [-0.2, -0.15) is 0 Å². The van der Waals surface area contributed by atoms with Gasteiger partial charge in [0.1, 0.15) is 0 Å². The van der Waals surface area contributed by atoms with Gasteiger partial charge in [-0.25, -0.2) is 4.98 Å². The van der Waals surface area contributed by atoms with Gasteiger partial charge in [-0.05, 0) is 40.2 Å². The summed E-state index contributed by atoms with van der Waals surface area (Å²) < 4.78 is 0. The predicted octanol–water partition coefficient (Wildman–Crippen LogP) is 4.28. The highest BCUT2D eigenvalue weighted by atomic mass is 32.1. The highest BCUT2D eigenvalue weighted by Gasteiger charge is 2.24. The number of aromatic nitrogens is 1. The van der Waals surface area contributed by atoms with Crippen molar-refractivity contribution in [2.45, 2.75) is 71.9 Å². The maximum Gasteiger partial charge on any atom is 0.186 e. The zero-order valence-corrected chi connectivity index (χ0v) is 14.2. The molecule has 0 radical (unpaired) electrons. The van der Waals surface area contributed by atoms with E-state index < -0.39 is 0 Å². The summed E-state index contributed by atoms with van der Waals surface area (Å²) in [6, 6.07) is 1.12. The van der Waals surface area contributed by atoms with Gasteiger partial charge in [0.15, 0.2) is 5.13 Å². The van der Waals surface area contributed by atoms with Gasteiger partial charge in [-0.3, -0.25) is 0 Å². The highest BCUT2D eigenvalue weighted by molar-refractivity contribution is 7.15. The second kappa shape index (κ2) is 7.41. The number of nitrogens with one attached hydrogen (secondary N) is 1. The van der Waals surface area contributed by atoms with Crippen LogP contribution in [-0.2, 0) is 0 Å². The lowest BCUT2D eigenvalue weighted by Crippen LogP contribution is -2.36. The average Bonchev–Trinajstić information content (AvgIpc) is 2.83. The molecule has 1 aromatic rings. The molecular formula is C16H29N3S. The molecule has 1 aromatic heterocycles. The Balaban J connectivity index is 2.15. The van der Waals surface area contributed by atoms with Crippen molar-refractivity contribution < 1.29 is 0 Å². The van der Waals surface area contributed by atoms with Crippen LogP contribution in [-0.4, -0.2) is 24.1 Å². The van der Waals surface area contributed by atoms with Crippen molar-refractivity contribution in [3.8, 4) is 0 Å². The lowest BCUT2D eigenvalue weighted by Gasteiger charge is -2.33. The molecule has 3 nitrogen and oxygen atoms in total. The third-order valence-corrected chi connectivity index (χ3v) is 5.70. The Morgan fingerprint density at radius 3 is 2.60 bits per heavy atom. The fourth-order valence-electron chi connectivity index (χ4n) is 3.26. The van der Waals surface area contributed by atoms with Crippen LogP contribution in [0.15, 0.2) is 0 Å². The molecule has 2 rings (SSSR count). The predicted molar refractivity (Wildman–Crippen MR) is 88.8 cm³/mol. The summed E-state index contributed by atoms with van der Waals surface area (Å²) in [6.07, 6.45) is 6.85. The Bertz CT molecular complexity index is 410. The first-order valence-corrected chi connectivity index (χ1v) is 8.96. The van der Waals surface area contributed by atoms with Crippen LogP contribution in [0.3, 0.4) is 0 Å². The zero-order chi connectivity index (χ0) is 14.5. The van der Waals surface area contributed by atoms with E-state index in [1.54, 1.807) is 0 Å². The standard InChI is InChI=1S/C16H29N3S/c1-5-17-12(3)15-13(4)18-16(20-15)19(6-2)14-10-8-7-9-11-14/h12,14,17H,5-11H2,1-4H3. The number of rotatable bonds is 6. The van der Waals surface area contributed by atoms with E-state index in [4.69, 9.17) is 4.98 Å². The summed E-state index contributed by atoms with van der Waals surface area (Å²) in [5, 5.41) is 4.74. The molecule has 1 atom stereocenters. The Kier molecular flexibility index (Phi) is 5.85. The molecule has 0 aliphatic heterocycles. The van der Waals surface area contributed by atoms with E-state index in [0.717, 1.165) is 13.1 Å². The lowest BCUT2D eigenvalue weighted by molar-refractivity contribution is 0.418. The van der Waals surface area contributed by atoms with Crippen LogP contribution >= 0.6 is 11.3 Å². The maximum absolute atomic E-state index is 4.86. The smallest absolute Gasteiger partial charge is 0.186 e. The summed E-state index contributed by atoms with van der Waals surface area (Å²) in [5.74, 6) is 0. The topological polar surface area (TPSA) is 28.2 Å². The molecule has 0 saturated heterocycles. The minimum atomic E-state index is 0.413. The van der Waals surface area contributed by atoms with Crippen molar-refractivity contribution in [2.24, 2.45) is 0 Å². The summed E-state index contributed by atoms with van der Waals surface area (Å²) in [4.78, 5) is 8.80. The number of thiazole rings is 1. The van der Waals surface area contributed by atoms with Gasteiger partial charge in [-0.15, -0.1) is 11.3 Å². The number of hydrogen-bond donors (Lipinski definition) is 1. The fourth-order valence-corrected chi connectivity index (χ4v) is 4.49. The Morgan fingerprint density at radius 1 is 1.30 bits per heavy atom. The van der Waals surface area contributed by atoms with E-state index in [9.17, 15) is 0 Å². The number of hydrogen-bond acceptors (Lipinski definition) is 4. The number of nitrogens with zero attached hydrogens (tertiary/aromatic N) is 2. The van der Waals surface area contributed by atoms with E-state index in [0.29, 0.717) is 12.1 Å². The minimum Gasteiger partial charge on any atom is -0.345 e. The molecule has 0 spiro atoms. The largest absolute Gasteiger partial charge is 0.345 e. The lowest BCUT2D eigenvalue weighted by atomic mass is 9.94. The van der Waals surface area contributed by atoms with Gasteiger partial charge in [-0.1, -0.05) is 26.2 Å². The van der Waals surface area contributed by atoms with Gasteiger partial charge < -0.3 is 10.2 Å². The van der Waals surface area contributed by atoms with E-state index >= 15 is 0 Å². The average molecular weight is 295 g/mol. The van der Waals surface area contributed by atoms with E-state index in [1.165, 1.54) is 47.8 Å². The molecule has 114 valence electrons. The number of anilines is 1. The molecule has 1 saturated carbocycles. The first-order chi connectivity index (χ1) is 9.67. The van der Waals surface area contributed by atoms with Crippen molar-refractivity contribution in [3.63, 3.8) is 0 Å². The molecule has 20 heavy (non-hydrogen) atoms. The van der Waals surface area contributed by atoms with Gasteiger partial charge in [0, 0.05) is 23.5 Å². The van der Waals surface area contributed by atoms with E-state index in [2.05, 4.69) is 37.9 Å². The van der Waals surface area contributed by atoms with Crippen LogP contribution in [0.1, 0.15) is 69.5 Å². The van der Waals surface area contributed by atoms with Gasteiger partial charge in [0.2, 0.25) is 0 Å². The van der Waals surface area contributed by atoms with Crippen LogP contribution in [0.2, 0.25) is 0 Å². The first kappa shape index (κ1) is 15.8. The molecule has 1 heterocycles. The van der Waals surface area contributed by atoms with Crippen molar-refractivity contribution in [1.29, 1.82) is 0 Å². The highest BCUT2D eigenvalue weighted by Crippen LogP contribution is 2.34. The Labute approximate surface area is 127 Å². The normalized spacial score (nSPS) is 18.2. The number of aryl methyl sites for hydroxylation is 1. The van der Waals surface area contributed by atoms with Crippen molar-refractivity contribution in [1.82, 2.24) is 10.3 Å². The second-order valence-corrected chi connectivity index (χ2v) is 6.81. The third kappa shape index (κ3) is 3.53. The fraction of sp³-hybridized carbons (Fsp3) is 0.812. The SMILES string of the molecule is CCNC(C)c1sc(N(CC)C2CCCCC2)nc1C. The molecule has 1 N–H and O–H groups in total. The summed E-state index contributed by atoms with van der Waals surface area (Å²) >= 11 is 1.89. The molecule has 1 aliphatic carbocycles.